The van der Waals surface area contributed by atoms with Crippen LogP contribution >= 0.6 is 0 Å². The number of ether oxygens (including phenoxy) is 2. The van der Waals surface area contributed by atoms with Crippen LogP contribution in [0.4, 0.5) is 0 Å². The molecular formula is C33H52O6. The number of Topliss-reactive ketones (excluding diaryl/α,β-unsaturated/α-hetero) is 1. The van der Waals surface area contributed by atoms with Crippen molar-refractivity contribution in [3.63, 3.8) is 0 Å². The number of esters is 2. The van der Waals surface area contributed by atoms with Crippen LogP contribution in [0, 0.1) is 39.4 Å². The molecule has 10 atom stereocenters. The second-order valence-electron chi connectivity index (χ2n) is 14.4. The average Bonchev–Trinajstić information content (AvgIpc) is 2.85. The molecule has 0 aromatic rings. The summed E-state index contributed by atoms with van der Waals surface area (Å²) in [5.74, 6) is 0.168. The maximum absolute atomic E-state index is 13.4. The van der Waals surface area contributed by atoms with Crippen molar-refractivity contribution in [2.45, 2.75) is 138 Å². The Balaban J connectivity index is 1.75. The van der Waals surface area contributed by atoms with Gasteiger partial charge in [0.2, 0.25) is 0 Å². The molecule has 6 heteroatoms. The number of ketones is 1. The SMILES string of the molecule is CCC(CC(=O)O[C@H]1C[C@H]2[C@@](C)(CC[C@H]3[C@@](C)(CC)CCC[C@]23C)[C@@H]2C[C@@H](O)C(C(C)=O)=C[C@@]12C)OC(C)=O. The summed E-state index contributed by atoms with van der Waals surface area (Å²) in [6.07, 6.45) is 9.20. The summed E-state index contributed by atoms with van der Waals surface area (Å²) in [7, 11) is 0. The predicted octanol–water partition coefficient (Wildman–Crippen LogP) is 6.58. The zero-order valence-corrected chi connectivity index (χ0v) is 25.6. The van der Waals surface area contributed by atoms with E-state index in [2.05, 4.69) is 34.6 Å². The molecule has 0 radical (unpaired) electrons. The molecule has 4 aliphatic carbocycles. The Morgan fingerprint density at radius 3 is 2.23 bits per heavy atom. The molecule has 0 saturated heterocycles. The van der Waals surface area contributed by atoms with Gasteiger partial charge in [-0.05, 0) is 85.9 Å². The predicted molar refractivity (Wildman–Crippen MR) is 151 cm³/mol. The quantitative estimate of drug-likeness (QED) is 0.364. The Hall–Kier alpha value is -1.69. The fourth-order valence-electron chi connectivity index (χ4n) is 10.2. The van der Waals surface area contributed by atoms with Crippen LogP contribution in [-0.4, -0.2) is 41.1 Å². The van der Waals surface area contributed by atoms with Crippen LogP contribution < -0.4 is 0 Å². The molecule has 4 rings (SSSR count). The second-order valence-corrected chi connectivity index (χ2v) is 14.4. The Labute approximate surface area is 235 Å². The summed E-state index contributed by atoms with van der Waals surface area (Å²) in [4.78, 5) is 37.5. The van der Waals surface area contributed by atoms with Gasteiger partial charge in [0.25, 0.3) is 0 Å². The molecule has 0 bridgehead atoms. The van der Waals surface area contributed by atoms with Gasteiger partial charge in [-0.15, -0.1) is 0 Å². The molecule has 0 heterocycles. The van der Waals surface area contributed by atoms with Crippen molar-refractivity contribution in [2.75, 3.05) is 0 Å². The number of rotatable bonds is 7. The standard InChI is InChI=1S/C33H52O6/c1-9-22(38-21(4)35)16-29(37)39-28-18-27-31(6)14-11-13-30(5,10-2)25(31)12-15-32(27,7)26-17-24(36)23(20(3)34)19-33(26,28)8/h19,22,24-28,36H,9-18H2,1-8H3/t22?,24-,25+,26+,27-,28+,30+,31+,32+,33-/m1/s1. The first-order chi connectivity index (χ1) is 18.1. The molecule has 0 aromatic heterocycles. The molecule has 39 heavy (non-hydrogen) atoms. The van der Waals surface area contributed by atoms with E-state index < -0.39 is 29.7 Å². The van der Waals surface area contributed by atoms with Gasteiger partial charge in [-0.25, -0.2) is 0 Å². The van der Waals surface area contributed by atoms with Crippen LogP contribution in [0.5, 0.6) is 0 Å². The zero-order valence-electron chi connectivity index (χ0n) is 25.6. The highest BCUT2D eigenvalue weighted by molar-refractivity contribution is 5.94. The summed E-state index contributed by atoms with van der Waals surface area (Å²) in [6.45, 7) is 16.6. The fraction of sp³-hybridized carbons (Fsp3) is 0.848. The van der Waals surface area contributed by atoms with E-state index in [1.54, 1.807) is 0 Å². The Bertz CT molecular complexity index is 1020. The number of fused-ring (bicyclic) bond motifs is 5. The van der Waals surface area contributed by atoms with Gasteiger partial charge in [-0.3, -0.25) is 14.4 Å². The van der Waals surface area contributed by atoms with Crippen LogP contribution in [0.3, 0.4) is 0 Å². The molecule has 0 aromatic carbocycles. The van der Waals surface area contributed by atoms with E-state index in [0.717, 1.165) is 12.8 Å². The van der Waals surface area contributed by atoms with E-state index in [0.29, 0.717) is 35.7 Å². The highest BCUT2D eigenvalue weighted by Gasteiger charge is 2.67. The third kappa shape index (κ3) is 5.02. The summed E-state index contributed by atoms with van der Waals surface area (Å²) < 4.78 is 11.7. The Morgan fingerprint density at radius 2 is 1.64 bits per heavy atom. The maximum atomic E-state index is 13.4. The smallest absolute Gasteiger partial charge is 0.309 e. The van der Waals surface area contributed by atoms with Gasteiger partial charge in [-0.1, -0.05) is 60.5 Å². The van der Waals surface area contributed by atoms with E-state index in [-0.39, 0.29) is 34.9 Å². The highest BCUT2D eigenvalue weighted by Crippen LogP contribution is 2.72. The van der Waals surface area contributed by atoms with E-state index in [1.165, 1.54) is 46.0 Å². The molecule has 220 valence electrons. The first-order valence-electron chi connectivity index (χ1n) is 15.4. The van der Waals surface area contributed by atoms with Crippen molar-refractivity contribution in [2.24, 2.45) is 39.4 Å². The normalized spacial score (nSPS) is 44.1. The first-order valence-corrected chi connectivity index (χ1v) is 15.4. The maximum Gasteiger partial charge on any atom is 0.309 e. The lowest BCUT2D eigenvalue weighted by atomic mass is 9.35. The third-order valence-corrected chi connectivity index (χ3v) is 12.3. The summed E-state index contributed by atoms with van der Waals surface area (Å²) in [5.41, 5.74) is 0.294. The monoisotopic (exact) mass is 544 g/mol. The van der Waals surface area contributed by atoms with Gasteiger partial charge >= 0.3 is 11.9 Å². The average molecular weight is 545 g/mol. The van der Waals surface area contributed by atoms with Crippen molar-refractivity contribution in [1.29, 1.82) is 0 Å². The van der Waals surface area contributed by atoms with Gasteiger partial charge in [0.15, 0.2) is 5.78 Å². The van der Waals surface area contributed by atoms with Crippen LogP contribution in [0.2, 0.25) is 0 Å². The molecule has 4 aliphatic rings. The molecular weight excluding hydrogens is 492 g/mol. The zero-order chi connectivity index (χ0) is 29.0. The van der Waals surface area contributed by atoms with Gasteiger partial charge in [-0.2, -0.15) is 0 Å². The van der Waals surface area contributed by atoms with Crippen molar-refractivity contribution >= 4 is 17.7 Å². The van der Waals surface area contributed by atoms with Gasteiger partial charge < -0.3 is 14.6 Å². The van der Waals surface area contributed by atoms with E-state index >= 15 is 0 Å². The van der Waals surface area contributed by atoms with E-state index in [4.69, 9.17) is 9.47 Å². The minimum absolute atomic E-state index is 0.0228. The van der Waals surface area contributed by atoms with E-state index in [9.17, 15) is 19.5 Å². The van der Waals surface area contributed by atoms with Crippen LogP contribution in [-0.2, 0) is 23.9 Å². The number of aliphatic hydroxyl groups excluding tert-OH is 1. The number of hydrogen-bond donors (Lipinski definition) is 1. The van der Waals surface area contributed by atoms with Crippen LogP contribution in [0.15, 0.2) is 11.6 Å². The number of hydrogen-bond acceptors (Lipinski definition) is 6. The first kappa shape index (κ1) is 30.3. The summed E-state index contributed by atoms with van der Waals surface area (Å²) in [5, 5.41) is 11.2. The minimum Gasteiger partial charge on any atom is -0.462 e. The number of carbonyl (C=O) groups is 3. The van der Waals surface area contributed by atoms with Crippen molar-refractivity contribution in [1.82, 2.24) is 0 Å². The van der Waals surface area contributed by atoms with E-state index in [1.807, 2.05) is 13.0 Å². The summed E-state index contributed by atoms with van der Waals surface area (Å²) >= 11 is 0. The Kier molecular flexibility index (Phi) is 8.24. The van der Waals surface area contributed by atoms with Crippen molar-refractivity contribution in [3.05, 3.63) is 11.6 Å². The van der Waals surface area contributed by atoms with Crippen LogP contribution in [0.25, 0.3) is 0 Å². The van der Waals surface area contributed by atoms with Gasteiger partial charge in [0, 0.05) is 17.9 Å². The highest BCUT2D eigenvalue weighted by atomic mass is 16.6. The second kappa shape index (κ2) is 10.6. The lowest BCUT2D eigenvalue weighted by molar-refractivity contribution is -0.229. The van der Waals surface area contributed by atoms with Crippen molar-refractivity contribution < 1.29 is 29.0 Å². The Morgan fingerprint density at radius 1 is 0.974 bits per heavy atom. The molecule has 3 fully saturated rings. The lowest BCUT2D eigenvalue weighted by Gasteiger charge is -2.70. The topological polar surface area (TPSA) is 89.9 Å². The van der Waals surface area contributed by atoms with Crippen LogP contribution in [0.1, 0.15) is 120 Å². The summed E-state index contributed by atoms with van der Waals surface area (Å²) in [6, 6.07) is 0. The molecule has 3 saturated carbocycles. The minimum atomic E-state index is -0.793. The van der Waals surface area contributed by atoms with Gasteiger partial charge in [0.1, 0.15) is 12.2 Å². The molecule has 1 N–H and O–H groups in total. The fourth-order valence-corrected chi connectivity index (χ4v) is 10.2. The third-order valence-electron chi connectivity index (χ3n) is 12.3. The molecule has 0 aliphatic heterocycles. The number of aliphatic hydroxyl groups is 1. The molecule has 0 spiro atoms. The molecule has 0 amide bonds. The number of carbonyl (C=O) groups excluding carboxylic acids is 3. The van der Waals surface area contributed by atoms with Gasteiger partial charge in [0.05, 0.1) is 12.5 Å². The molecule has 6 nitrogen and oxygen atoms in total. The lowest BCUT2D eigenvalue weighted by Crippen LogP contribution is -2.65. The molecule has 1 unspecified atom stereocenters. The van der Waals surface area contributed by atoms with Crippen molar-refractivity contribution in [3.8, 4) is 0 Å². The largest absolute Gasteiger partial charge is 0.462 e.